The molecule has 1 aliphatic rings. The van der Waals surface area contributed by atoms with E-state index in [1.807, 2.05) is 42.6 Å². The zero-order valence-electron chi connectivity index (χ0n) is 13.6. The van der Waals surface area contributed by atoms with Gasteiger partial charge in [0.2, 0.25) is 5.96 Å². The van der Waals surface area contributed by atoms with Crippen LogP contribution in [0.2, 0.25) is 5.02 Å². The average Bonchev–Trinajstić information content (AvgIpc) is 3.07. The molecule has 5 nitrogen and oxygen atoms in total. The third-order valence-electron chi connectivity index (χ3n) is 4.11. The van der Waals surface area contributed by atoms with Gasteiger partial charge in [-0.05, 0) is 24.6 Å². The molecule has 4 rings (SSSR count). The van der Waals surface area contributed by atoms with Crippen LogP contribution in [0.15, 0.2) is 64.8 Å². The number of nitrogens with zero attached hydrogens (tertiary/aromatic N) is 2. The third kappa shape index (κ3) is 3.37. The highest BCUT2D eigenvalue weighted by molar-refractivity contribution is 6.31. The SMILES string of the molecule is Clc1cccc(C(=NNC2=NCCCN2)c2c[nH]c3ccccc23)c1. The number of halogens is 1. The zero-order chi connectivity index (χ0) is 17.1. The first-order valence-corrected chi connectivity index (χ1v) is 8.63. The van der Waals surface area contributed by atoms with E-state index in [2.05, 4.69) is 38.0 Å². The Morgan fingerprint density at radius 3 is 2.92 bits per heavy atom. The van der Waals surface area contributed by atoms with Gasteiger partial charge in [0, 0.05) is 46.3 Å². The lowest BCUT2D eigenvalue weighted by atomic mass is 10.0. The topological polar surface area (TPSA) is 64.6 Å². The van der Waals surface area contributed by atoms with E-state index >= 15 is 0 Å². The highest BCUT2D eigenvalue weighted by atomic mass is 35.5. The van der Waals surface area contributed by atoms with Crippen LogP contribution < -0.4 is 10.7 Å². The van der Waals surface area contributed by atoms with Gasteiger partial charge in [-0.3, -0.25) is 4.99 Å². The molecule has 0 bridgehead atoms. The summed E-state index contributed by atoms with van der Waals surface area (Å²) in [5.41, 5.74) is 6.91. The summed E-state index contributed by atoms with van der Waals surface area (Å²) < 4.78 is 0. The first-order valence-electron chi connectivity index (χ1n) is 8.26. The predicted molar refractivity (Wildman–Crippen MR) is 103 cm³/mol. The van der Waals surface area contributed by atoms with Gasteiger partial charge in [-0.2, -0.15) is 5.10 Å². The van der Waals surface area contributed by atoms with Gasteiger partial charge in [0.15, 0.2) is 0 Å². The Hall–Kier alpha value is -2.79. The van der Waals surface area contributed by atoms with Crippen molar-refractivity contribution in [1.29, 1.82) is 0 Å². The van der Waals surface area contributed by atoms with Crippen LogP contribution in [0.5, 0.6) is 0 Å². The smallest absolute Gasteiger partial charge is 0.212 e. The Kier molecular flexibility index (Phi) is 4.39. The number of hydrogen-bond acceptors (Lipinski definition) is 4. The molecule has 6 heteroatoms. The number of aromatic amines is 1. The summed E-state index contributed by atoms with van der Waals surface area (Å²) in [6.07, 6.45) is 3.01. The lowest BCUT2D eigenvalue weighted by Gasteiger charge is -2.14. The van der Waals surface area contributed by atoms with Crippen LogP contribution in [0.25, 0.3) is 10.9 Å². The maximum Gasteiger partial charge on any atom is 0.212 e. The minimum Gasteiger partial charge on any atom is -0.360 e. The van der Waals surface area contributed by atoms with Crippen LogP contribution in [0, 0.1) is 0 Å². The van der Waals surface area contributed by atoms with Gasteiger partial charge in [0.25, 0.3) is 0 Å². The second-order valence-corrected chi connectivity index (χ2v) is 6.28. The fourth-order valence-electron chi connectivity index (χ4n) is 2.90. The number of aromatic nitrogens is 1. The molecule has 126 valence electrons. The van der Waals surface area contributed by atoms with Crippen molar-refractivity contribution in [2.24, 2.45) is 10.1 Å². The Balaban J connectivity index is 1.79. The van der Waals surface area contributed by atoms with Crippen molar-refractivity contribution >= 4 is 34.2 Å². The van der Waals surface area contributed by atoms with Crippen molar-refractivity contribution < 1.29 is 0 Å². The molecule has 0 saturated carbocycles. The van der Waals surface area contributed by atoms with Crippen molar-refractivity contribution in [3.63, 3.8) is 0 Å². The molecule has 0 spiro atoms. The molecule has 1 aromatic heterocycles. The molecule has 0 unspecified atom stereocenters. The van der Waals surface area contributed by atoms with E-state index in [-0.39, 0.29) is 0 Å². The Bertz CT molecular complexity index is 957. The molecule has 0 amide bonds. The van der Waals surface area contributed by atoms with Gasteiger partial charge in [0.05, 0.1) is 0 Å². The predicted octanol–water partition coefficient (Wildman–Crippen LogP) is 3.51. The normalized spacial score (nSPS) is 14.9. The summed E-state index contributed by atoms with van der Waals surface area (Å²) in [6.45, 7) is 1.71. The second-order valence-electron chi connectivity index (χ2n) is 5.84. The number of nitrogens with one attached hydrogen (secondary N) is 3. The fraction of sp³-hybridized carbons (Fsp3) is 0.158. The fourth-order valence-corrected chi connectivity index (χ4v) is 3.09. The van der Waals surface area contributed by atoms with E-state index < -0.39 is 0 Å². The third-order valence-corrected chi connectivity index (χ3v) is 4.35. The standard InChI is InChI=1S/C19H18ClN5/c20-14-6-3-5-13(11-14)18(24-25-19-21-9-4-10-22-19)16-12-23-17-8-2-1-7-15(16)17/h1-3,5-8,11-12,23H,4,9-10H2,(H2,21,22,25). The highest BCUT2D eigenvalue weighted by Gasteiger charge is 2.14. The minimum absolute atomic E-state index is 0.679. The van der Waals surface area contributed by atoms with E-state index in [1.54, 1.807) is 0 Å². The van der Waals surface area contributed by atoms with Crippen molar-refractivity contribution in [3.05, 3.63) is 70.9 Å². The summed E-state index contributed by atoms with van der Waals surface area (Å²) in [7, 11) is 0. The van der Waals surface area contributed by atoms with Gasteiger partial charge < -0.3 is 10.3 Å². The molecule has 3 N–H and O–H groups in total. The molecule has 3 aromatic rings. The van der Waals surface area contributed by atoms with Gasteiger partial charge in [-0.25, -0.2) is 5.43 Å². The summed E-state index contributed by atoms with van der Waals surface area (Å²) in [5, 5.41) is 9.66. The van der Waals surface area contributed by atoms with Gasteiger partial charge in [-0.1, -0.05) is 41.9 Å². The van der Waals surface area contributed by atoms with Crippen molar-refractivity contribution in [2.45, 2.75) is 6.42 Å². The molecule has 0 atom stereocenters. The Labute approximate surface area is 150 Å². The van der Waals surface area contributed by atoms with E-state index in [4.69, 9.17) is 11.6 Å². The molecule has 25 heavy (non-hydrogen) atoms. The molecular formula is C19H18ClN5. The van der Waals surface area contributed by atoms with Crippen LogP contribution in [0.1, 0.15) is 17.5 Å². The van der Waals surface area contributed by atoms with Gasteiger partial charge in [0.1, 0.15) is 5.71 Å². The second kappa shape index (κ2) is 6.99. The van der Waals surface area contributed by atoms with E-state index in [1.165, 1.54) is 0 Å². The average molecular weight is 352 g/mol. The number of hydrogen-bond donors (Lipinski definition) is 3. The van der Waals surface area contributed by atoms with Gasteiger partial charge >= 0.3 is 0 Å². The van der Waals surface area contributed by atoms with E-state index in [0.29, 0.717) is 11.0 Å². The number of H-pyrrole nitrogens is 1. The van der Waals surface area contributed by atoms with E-state index in [9.17, 15) is 0 Å². The molecule has 2 heterocycles. The monoisotopic (exact) mass is 351 g/mol. The lowest BCUT2D eigenvalue weighted by molar-refractivity contribution is 0.711. The van der Waals surface area contributed by atoms with Crippen LogP contribution in [0.3, 0.4) is 0 Å². The maximum absolute atomic E-state index is 6.20. The first kappa shape index (κ1) is 15.7. The Morgan fingerprint density at radius 2 is 2.08 bits per heavy atom. The number of para-hydroxylation sites is 1. The lowest BCUT2D eigenvalue weighted by Crippen LogP contribution is -2.38. The summed E-state index contributed by atoms with van der Waals surface area (Å²) in [6, 6.07) is 15.9. The van der Waals surface area contributed by atoms with E-state index in [0.717, 1.165) is 47.3 Å². The number of aliphatic imine (C=N–C) groups is 1. The summed E-state index contributed by atoms with van der Waals surface area (Å²) in [4.78, 5) is 7.71. The van der Waals surface area contributed by atoms with Crippen molar-refractivity contribution in [3.8, 4) is 0 Å². The quantitative estimate of drug-likeness (QED) is 0.499. The van der Waals surface area contributed by atoms with Crippen LogP contribution in [0.4, 0.5) is 0 Å². The summed E-state index contributed by atoms with van der Waals surface area (Å²) >= 11 is 6.20. The number of hydrazone groups is 1. The number of benzene rings is 2. The molecule has 0 aliphatic carbocycles. The molecule has 0 saturated heterocycles. The summed E-state index contributed by atoms with van der Waals surface area (Å²) in [5.74, 6) is 0.700. The zero-order valence-corrected chi connectivity index (χ0v) is 14.3. The van der Waals surface area contributed by atoms with Crippen LogP contribution >= 0.6 is 11.6 Å². The number of fused-ring (bicyclic) bond motifs is 1. The minimum atomic E-state index is 0.679. The van der Waals surface area contributed by atoms with Crippen molar-refractivity contribution in [2.75, 3.05) is 13.1 Å². The largest absolute Gasteiger partial charge is 0.360 e. The van der Waals surface area contributed by atoms with Crippen molar-refractivity contribution in [1.82, 2.24) is 15.7 Å². The van der Waals surface area contributed by atoms with Crippen LogP contribution in [-0.4, -0.2) is 29.7 Å². The number of rotatable bonds is 3. The van der Waals surface area contributed by atoms with Gasteiger partial charge in [-0.15, -0.1) is 0 Å². The molecule has 2 aromatic carbocycles. The number of guanidine groups is 1. The Morgan fingerprint density at radius 1 is 1.16 bits per heavy atom. The maximum atomic E-state index is 6.20. The first-order chi connectivity index (χ1) is 12.3. The van der Waals surface area contributed by atoms with Crippen LogP contribution in [-0.2, 0) is 0 Å². The molecule has 0 fully saturated rings. The highest BCUT2D eigenvalue weighted by Crippen LogP contribution is 2.22. The molecule has 0 radical (unpaired) electrons. The molecular weight excluding hydrogens is 334 g/mol. The molecule has 1 aliphatic heterocycles.